The summed E-state index contributed by atoms with van der Waals surface area (Å²) in [5.41, 5.74) is 0. The molecule has 120 valence electrons. The number of nitrogens with one attached hydrogen (secondary N) is 2. The Morgan fingerprint density at radius 2 is 2.14 bits per heavy atom. The maximum absolute atomic E-state index is 11.6. The number of methoxy groups -OCH3 is 1. The molecule has 1 saturated heterocycles. The quantitative estimate of drug-likeness (QED) is 0.521. The molecule has 9 nitrogen and oxygen atoms in total. The van der Waals surface area contributed by atoms with Crippen molar-refractivity contribution in [3.8, 4) is 0 Å². The van der Waals surface area contributed by atoms with E-state index in [1.54, 1.807) is 0 Å². The van der Waals surface area contributed by atoms with Gasteiger partial charge in [0.15, 0.2) is 0 Å². The normalized spacial score (nSPS) is 19.4. The molecule has 1 rings (SSSR count). The van der Waals surface area contributed by atoms with Crippen LogP contribution in [0.5, 0.6) is 0 Å². The molecular formula is C12H20N2O7. The predicted molar refractivity (Wildman–Crippen MR) is 69.8 cm³/mol. The number of esters is 1. The monoisotopic (exact) mass is 304 g/mol. The molecule has 0 bridgehead atoms. The second kappa shape index (κ2) is 9.14. The van der Waals surface area contributed by atoms with E-state index in [9.17, 15) is 14.4 Å². The second-order valence-electron chi connectivity index (χ2n) is 4.43. The second-order valence-corrected chi connectivity index (χ2v) is 4.43. The van der Waals surface area contributed by atoms with E-state index >= 15 is 0 Å². The summed E-state index contributed by atoms with van der Waals surface area (Å²) in [6.45, 7) is 1.59. The van der Waals surface area contributed by atoms with Crippen LogP contribution in [0.4, 0.5) is 4.79 Å². The van der Waals surface area contributed by atoms with Crippen LogP contribution >= 0.6 is 0 Å². The molecule has 0 saturated carbocycles. The Balaban J connectivity index is 2.30. The first-order chi connectivity index (χ1) is 10.0. The molecule has 1 heterocycles. The average Bonchev–Trinajstić information content (AvgIpc) is 2.49. The lowest BCUT2D eigenvalue weighted by Gasteiger charge is -2.23. The van der Waals surface area contributed by atoms with Crippen LogP contribution in [0.2, 0.25) is 0 Å². The molecule has 0 radical (unpaired) electrons. The number of carbonyl (C=O) groups excluding carboxylic acids is 2. The molecule has 1 aliphatic heterocycles. The van der Waals surface area contributed by atoms with Crippen molar-refractivity contribution in [1.29, 1.82) is 0 Å². The third-order valence-corrected chi connectivity index (χ3v) is 2.84. The summed E-state index contributed by atoms with van der Waals surface area (Å²) >= 11 is 0. The minimum Gasteiger partial charge on any atom is -0.480 e. The average molecular weight is 304 g/mol. The fourth-order valence-corrected chi connectivity index (χ4v) is 1.69. The van der Waals surface area contributed by atoms with Crippen LogP contribution in [0.15, 0.2) is 0 Å². The largest absolute Gasteiger partial charge is 0.480 e. The molecule has 1 fully saturated rings. The van der Waals surface area contributed by atoms with Gasteiger partial charge in [0, 0.05) is 13.0 Å². The van der Waals surface area contributed by atoms with E-state index in [0.29, 0.717) is 19.8 Å². The lowest BCUT2D eigenvalue weighted by molar-refractivity contribution is -0.142. The molecule has 1 aliphatic rings. The third kappa shape index (κ3) is 6.91. The predicted octanol–water partition coefficient (Wildman–Crippen LogP) is -0.893. The van der Waals surface area contributed by atoms with Crippen LogP contribution in [0.25, 0.3) is 0 Å². The van der Waals surface area contributed by atoms with Gasteiger partial charge in [-0.05, 0) is 6.42 Å². The van der Waals surface area contributed by atoms with Gasteiger partial charge in [-0.15, -0.1) is 0 Å². The summed E-state index contributed by atoms with van der Waals surface area (Å²) in [6, 6.07) is -1.80. The number of carbonyl (C=O) groups is 3. The maximum atomic E-state index is 11.6. The Labute approximate surface area is 121 Å². The van der Waals surface area contributed by atoms with E-state index < -0.39 is 24.0 Å². The van der Waals surface area contributed by atoms with Crippen molar-refractivity contribution in [2.75, 3.05) is 33.5 Å². The molecule has 9 heteroatoms. The molecule has 1 unspecified atom stereocenters. The molecule has 2 amide bonds. The summed E-state index contributed by atoms with van der Waals surface area (Å²) < 4.78 is 14.9. The molecular weight excluding hydrogens is 284 g/mol. The van der Waals surface area contributed by atoms with Gasteiger partial charge in [0.2, 0.25) is 0 Å². The van der Waals surface area contributed by atoms with Crippen molar-refractivity contribution >= 4 is 18.0 Å². The molecule has 0 aromatic carbocycles. The van der Waals surface area contributed by atoms with Crippen molar-refractivity contribution < 1.29 is 33.7 Å². The lowest BCUT2D eigenvalue weighted by atomic mass is 10.1. The van der Waals surface area contributed by atoms with Crippen LogP contribution in [0, 0.1) is 0 Å². The minimum atomic E-state index is -1.22. The first kappa shape index (κ1) is 17.2. The number of carboxylic acid groups (broad SMARTS) is 1. The van der Waals surface area contributed by atoms with E-state index in [0.717, 1.165) is 0 Å². The van der Waals surface area contributed by atoms with E-state index in [4.69, 9.17) is 14.6 Å². The van der Waals surface area contributed by atoms with Crippen molar-refractivity contribution in [2.24, 2.45) is 0 Å². The Morgan fingerprint density at radius 1 is 1.38 bits per heavy atom. The van der Waals surface area contributed by atoms with Gasteiger partial charge < -0.3 is 30.0 Å². The van der Waals surface area contributed by atoms with E-state index in [2.05, 4.69) is 15.4 Å². The topological polar surface area (TPSA) is 123 Å². The molecule has 3 N–H and O–H groups in total. The highest BCUT2D eigenvalue weighted by Gasteiger charge is 2.22. The highest BCUT2D eigenvalue weighted by atomic mass is 16.6. The van der Waals surface area contributed by atoms with Gasteiger partial charge in [0.1, 0.15) is 6.04 Å². The SMILES string of the molecule is COC(=O)CC[C@@H](NC(=O)NCC1COCCO1)C(=O)O. The Kier molecular flexibility index (Phi) is 7.48. The van der Waals surface area contributed by atoms with E-state index in [1.807, 2.05) is 0 Å². The van der Waals surface area contributed by atoms with Gasteiger partial charge in [-0.2, -0.15) is 0 Å². The van der Waals surface area contributed by atoms with Crippen molar-refractivity contribution in [2.45, 2.75) is 25.0 Å². The van der Waals surface area contributed by atoms with Crippen LogP contribution in [0.3, 0.4) is 0 Å². The molecule has 2 atom stereocenters. The van der Waals surface area contributed by atoms with Crippen LogP contribution in [-0.2, 0) is 23.8 Å². The number of rotatable bonds is 7. The number of urea groups is 1. The van der Waals surface area contributed by atoms with Gasteiger partial charge in [0.25, 0.3) is 0 Å². The smallest absolute Gasteiger partial charge is 0.326 e. The van der Waals surface area contributed by atoms with Gasteiger partial charge in [-0.25, -0.2) is 9.59 Å². The summed E-state index contributed by atoms with van der Waals surface area (Å²) in [5.74, 6) is -1.75. The fraction of sp³-hybridized carbons (Fsp3) is 0.750. The summed E-state index contributed by atoms with van der Waals surface area (Å²) in [5, 5.41) is 13.8. The number of ether oxygens (including phenoxy) is 3. The standard InChI is InChI=1S/C12H20N2O7/c1-19-10(15)3-2-9(11(16)17)14-12(18)13-6-8-7-20-4-5-21-8/h8-9H,2-7H2,1H3,(H,16,17)(H2,13,14,18)/t8?,9-/m1/s1. The number of hydrogen-bond donors (Lipinski definition) is 3. The third-order valence-electron chi connectivity index (χ3n) is 2.84. The van der Waals surface area contributed by atoms with Gasteiger partial charge >= 0.3 is 18.0 Å². The lowest BCUT2D eigenvalue weighted by Crippen LogP contribution is -2.49. The van der Waals surface area contributed by atoms with E-state index in [-0.39, 0.29) is 25.5 Å². The van der Waals surface area contributed by atoms with Gasteiger partial charge in [-0.3, -0.25) is 4.79 Å². The zero-order valence-electron chi connectivity index (χ0n) is 11.8. The van der Waals surface area contributed by atoms with Crippen molar-refractivity contribution in [3.05, 3.63) is 0 Å². The van der Waals surface area contributed by atoms with E-state index in [1.165, 1.54) is 7.11 Å². The zero-order valence-corrected chi connectivity index (χ0v) is 11.8. The Morgan fingerprint density at radius 3 is 2.71 bits per heavy atom. The number of carboxylic acids is 1. The molecule has 0 aromatic heterocycles. The number of amides is 2. The van der Waals surface area contributed by atoms with Crippen LogP contribution in [-0.4, -0.2) is 68.7 Å². The maximum Gasteiger partial charge on any atom is 0.326 e. The van der Waals surface area contributed by atoms with Crippen molar-refractivity contribution in [3.63, 3.8) is 0 Å². The van der Waals surface area contributed by atoms with Crippen molar-refractivity contribution in [1.82, 2.24) is 10.6 Å². The molecule has 0 aromatic rings. The van der Waals surface area contributed by atoms with Gasteiger partial charge in [0.05, 0.1) is 33.0 Å². The Hall–Kier alpha value is -1.87. The fourth-order valence-electron chi connectivity index (χ4n) is 1.69. The Bertz CT molecular complexity index is 369. The first-order valence-electron chi connectivity index (χ1n) is 6.56. The molecule has 0 aliphatic carbocycles. The zero-order chi connectivity index (χ0) is 15.7. The summed E-state index contributed by atoms with van der Waals surface area (Å²) in [6.07, 6.45) is -0.381. The van der Waals surface area contributed by atoms with Crippen LogP contribution in [0.1, 0.15) is 12.8 Å². The number of hydrogen-bond acceptors (Lipinski definition) is 6. The minimum absolute atomic E-state index is 0.0432. The highest BCUT2D eigenvalue weighted by Crippen LogP contribution is 2.01. The summed E-state index contributed by atoms with van der Waals surface area (Å²) in [7, 11) is 1.21. The first-order valence-corrected chi connectivity index (χ1v) is 6.56. The highest BCUT2D eigenvalue weighted by molar-refractivity contribution is 5.83. The molecule has 0 spiro atoms. The molecule has 21 heavy (non-hydrogen) atoms. The summed E-state index contributed by atoms with van der Waals surface area (Å²) in [4.78, 5) is 33.6. The number of aliphatic carboxylic acids is 1. The van der Waals surface area contributed by atoms with Gasteiger partial charge in [-0.1, -0.05) is 0 Å². The van der Waals surface area contributed by atoms with Crippen LogP contribution < -0.4 is 10.6 Å².